The van der Waals surface area contributed by atoms with Crippen molar-refractivity contribution in [3.05, 3.63) is 69.8 Å². The monoisotopic (exact) mass is 453 g/mol. The van der Waals surface area contributed by atoms with E-state index in [0.717, 1.165) is 19.9 Å². The highest BCUT2D eigenvalue weighted by Crippen LogP contribution is 2.24. The molecule has 0 atom stereocenters. The molecule has 0 bridgehead atoms. The van der Waals surface area contributed by atoms with E-state index in [-0.39, 0.29) is 11.4 Å². The van der Waals surface area contributed by atoms with Gasteiger partial charge in [0.2, 0.25) is 10.0 Å². The van der Waals surface area contributed by atoms with Crippen LogP contribution in [-0.2, 0) is 16.6 Å². The van der Waals surface area contributed by atoms with Crippen molar-refractivity contribution in [2.24, 2.45) is 0 Å². The first-order valence-corrected chi connectivity index (χ1v) is 9.87. The number of hydrogen-bond acceptors (Lipinski definition) is 3. The first-order valence-electron chi connectivity index (χ1n) is 7.30. The Bertz CT molecular complexity index is 986. The van der Waals surface area contributed by atoms with Gasteiger partial charge >= 0.3 is 0 Å². The van der Waals surface area contributed by atoms with E-state index in [2.05, 4.69) is 27.3 Å². The maximum absolute atomic E-state index is 12.5. The third-order valence-electron chi connectivity index (χ3n) is 3.71. The molecule has 3 aromatic rings. The third kappa shape index (κ3) is 3.71. The minimum atomic E-state index is -3.57. The Morgan fingerprint density at radius 2 is 1.75 bits per heavy atom. The average molecular weight is 453 g/mol. The summed E-state index contributed by atoms with van der Waals surface area (Å²) < 4.78 is 33.5. The lowest BCUT2D eigenvalue weighted by Crippen LogP contribution is -2.23. The van der Waals surface area contributed by atoms with Gasteiger partial charge in [-0.05, 0) is 63.2 Å². The van der Waals surface area contributed by atoms with Crippen LogP contribution in [0, 0.1) is 3.57 Å². The molecule has 6 heteroatoms. The second kappa shape index (κ2) is 7.08. The summed E-state index contributed by atoms with van der Waals surface area (Å²) in [4.78, 5) is 0.230. The Morgan fingerprint density at radius 3 is 2.46 bits per heavy atom. The Labute approximate surface area is 155 Å². The Morgan fingerprint density at radius 1 is 1.00 bits per heavy atom. The van der Waals surface area contributed by atoms with Gasteiger partial charge < -0.3 is 4.74 Å². The van der Waals surface area contributed by atoms with Crippen molar-refractivity contribution in [3.8, 4) is 5.75 Å². The van der Waals surface area contributed by atoms with Crippen molar-refractivity contribution < 1.29 is 13.2 Å². The zero-order chi connectivity index (χ0) is 17.2. The van der Waals surface area contributed by atoms with Crippen molar-refractivity contribution in [3.63, 3.8) is 0 Å². The van der Waals surface area contributed by atoms with Crippen LogP contribution >= 0.6 is 22.6 Å². The van der Waals surface area contributed by atoms with E-state index in [1.54, 1.807) is 25.3 Å². The van der Waals surface area contributed by atoms with E-state index >= 15 is 0 Å². The lowest BCUT2D eigenvalue weighted by atomic mass is 10.1. The topological polar surface area (TPSA) is 55.4 Å². The van der Waals surface area contributed by atoms with Crippen LogP contribution in [0.3, 0.4) is 0 Å². The minimum Gasteiger partial charge on any atom is -0.496 e. The highest BCUT2D eigenvalue weighted by Gasteiger charge is 2.15. The molecular weight excluding hydrogens is 437 g/mol. The molecule has 24 heavy (non-hydrogen) atoms. The number of rotatable bonds is 5. The highest BCUT2D eigenvalue weighted by atomic mass is 127. The molecule has 0 aliphatic heterocycles. The molecule has 0 aliphatic rings. The standard InChI is InChI=1S/C18H16INO3S/c1-23-18-9-8-16(11-17(18)19)24(21,22)20-12-13-6-7-14-4-2-3-5-15(14)10-13/h2-11,20H,12H2,1H3. The molecule has 0 aliphatic carbocycles. The zero-order valence-electron chi connectivity index (χ0n) is 13.0. The molecule has 0 fully saturated rings. The predicted octanol–water partition coefficient (Wildman–Crippen LogP) is 3.93. The number of sulfonamides is 1. The summed E-state index contributed by atoms with van der Waals surface area (Å²) in [5.74, 6) is 0.657. The van der Waals surface area contributed by atoms with Gasteiger partial charge in [-0.2, -0.15) is 0 Å². The lowest BCUT2D eigenvalue weighted by molar-refractivity contribution is 0.411. The van der Waals surface area contributed by atoms with Crippen LogP contribution in [0.4, 0.5) is 0 Å². The van der Waals surface area contributed by atoms with Gasteiger partial charge in [-0.3, -0.25) is 0 Å². The number of halogens is 1. The van der Waals surface area contributed by atoms with Gasteiger partial charge in [-0.1, -0.05) is 36.4 Å². The zero-order valence-corrected chi connectivity index (χ0v) is 16.0. The predicted molar refractivity (Wildman–Crippen MR) is 104 cm³/mol. The molecule has 4 nitrogen and oxygen atoms in total. The molecule has 0 unspecified atom stereocenters. The maximum atomic E-state index is 12.5. The van der Waals surface area contributed by atoms with Crippen molar-refractivity contribution in [2.45, 2.75) is 11.4 Å². The molecule has 0 spiro atoms. The van der Waals surface area contributed by atoms with E-state index in [4.69, 9.17) is 4.74 Å². The van der Waals surface area contributed by atoms with Crippen molar-refractivity contribution in [1.29, 1.82) is 0 Å². The van der Waals surface area contributed by atoms with Gasteiger partial charge in [-0.15, -0.1) is 0 Å². The molecule has 3 rings (SSSR count). The highest BCUT2D eigenvalue weighted by molar-refractivity contribution is 14.1. The number of nitrogens with one attached hydrogen (secondary N) is 1. The number of ether oxygens (including phenoxy) is 1. The molecule has 0 radical (unpaired) electrons. The SMILES string of the molecule is COc1ccc(S(=O)(=O)NCc2ccc3ccccc3c2)cc1I. The first-order chi connectivity index (χ1) is 11.5. The molecule has 0 heterocycles. The van der Waals surface area contributed by atoms with Gasteiger partial charge in [0.05, 0.1) is 15.6 Å². The van der Waals surface area contributed by atoms with Crippen LogP contribution < -0.4 is 9.46 Å². The fourth-order valence-electron chi connectivity index (χ4n) is 2.42. The lowest BCUT2D eigenvalue weighted by Gasteiger charge is -2.10. The number of hydrogen-bond donors (Lipinski definition) is 1. The van der Waals surface area contributed by atoms with E-state index in [9.17, 15) is 8.42 Å². The second-order valence-corrected chi connectivity index (χ2v) is 8.23. The Balaban J connectivity index is 1.80. The number of methoxy groups -OCH3 is 1. The van der Waals surface area contributed by atoms with Crippen molar-refractivity contribution in [2.75, 3.05) is 7.11 Å². The van der Waals surface area contributed by atoms with Crippen LogP contribution in [0.5, 0.6) is 5.75 Å². The summed E-state index contributed by atoms with van der Waals surface area (Å²) in [5, 5.41) is 2.22. The third-order valence-corrected chi connectivity index (χ3v) is 5.96. The van der Waals surface area contributed by atoms with E-state index in [1.807, 2.05) is 42.5 Å². The fourth-order valence-corrected chi connectivity index (χ4v) is 4.42. The molecule has 3 aromatic carbocycles. The normalized spacial score (nSPS) is 11.6. The van der Waals surface area contributed by atoms with E-state index in [1.165, 1.54) is 0 Å². The summed E-state index contributed by atoms with van der Waals surface area (Å²) in [6.45, 7) is 0.246. The van der Waals surface area contributed by atoms with Gasteiger partial charge in [0.25, 0.3) is 0 Å². The van der Waals surface area contributed by atoms with Crippen molar-refractivity contribution >= 4 is 43.4 Å². The smallest absolute Gasteiger partial charge is 0.240 e. The van der Waals surface area contributed by atoms with Gasteiger partial charge in [0, 0.05) is 6.54 Å². The maximum Gasteiger partial charge on any atom is 0.240 e. The summed E-state index contributed by atoms with van der Waals surface area (Å²) in [5.41, 5.74) is 0.917. The van der Waals surface area contributed by atoms with Crippen LogP contribution in [-0.4, -0.2) is 15.5 Å². The average Bonchev–Trinajstić information content (AvgIpc) is 2.60. The second-order valence-electron chi connectivity index (χ2n) is 5.30. The van der Waals surface area contributed by atoms with Gasteiger partial charge in [0.15, 0.2) is 0 Å². The van der Waals surface area contributed by atoms with Crippen LogP contribution in [0.2, 0.25) is 0 Å². The summed E-state index contributed by atoms with van der Waals surface area (Å²) in [7, 11) is -2.01. The minimum absolute atomic E-state index is 0.230. The van der Waals surface area contributed by atoms with Gasteiger partial charge in [-0.25, -0.2) is 13.1 Å². The van der Waals surface area contributed by atoms with Crippen LogP contribution in [0.25, 0.3) is 10.8 Å². The van der Waals surface area contributed by atoms with Crippen LogP contribution in [0.15, 0.2) is 65.6 Å². The van der Waals surface area contributed by atoms with Crippen molar-refractivity contribution in [1.82, 2.24) is 4.72 Å². The van der Waals surface area contributed by atoms with E-state index < -0.39 is 10.0 Å². The molecular formula is C18H16INO3S. The summed E-state index contributed by atoms with van der Waals surface area (Å²) in [6, 6.07) is 18.7. The van der Waals surface area contributed by atoms with Gasteiger partial charge in [0.1, 0.15) is 5.75 Å². The quantitative estimate of drug-likeness (QED) is 0.596. The number of fused-ring (bicyclic) bond motifs is 1. The number of benzene rings is 3. The molecule has 124 valence electrons. The first kappa shape index (κ1) is 17.2. The van der Waals surface area contributed by atoms with Crippen LogP contribution in [0.1, 0.15) is 5.56 Å². The summed E-state index contributed by atoms with van der Waals surface area (Å²) >= 11 is 2.06. The molecule has 0 amide bonds. The molecule has 0 aromatic heterocycles. The molecule has 0 saturated carbocycles. The summed E-state index contributed by atoms with van der Waals surface area (Å²) in [6.07, 6.45) is 0. The Hall–Kier alpha value is -1.64. The largest absolute Gasteiger partial charge is 0.496 e. The molecule has 1 N–H and O–H groups in total. The fraction of sp³-hybridized carbons (Fsp3) is 0.111. The molecule has 0 saturated heterocycles. The Kier molecular flexibility index (Phi) is 5.07. The van der Waals surface area contributed by atoms with E-state index in [0.29, 0.717) is 5.75 Å².